The van der Waals surface area contributed by atoms with Gasteiger partial charge in [-0.1, -0.05) is 64.7 Å². The fourth-order valence-corrected chi connectivity index (χ4v) is 2.86. The first kappa shape index (κ1) is 20.4. The van der Waals surface area contributed by atoms with Crippen LogP contribution in [0, 0.1) is 0 Å². The van der Waals surface area contributed by atoms with Crippen LogP contribution in [0.15, 0.2) is 0 Å². The Bertz CT molecular complexity index is 355. The fourth-order valence-electron chi connectivity index (χ4n) is 2.13. The van der Waals surface area contributed by atoms with E-state index in [0.29, 0.717) is 6.42 Å². The quantitative estimate of drug-likeness (QED) is 0.392. The molecular formula is C15H31NO4S. The predicted octanol–water partition coefficient (Wildman–Crippen LogP) is 3.13. The Morgan fingerprint density at radius 2 is 1.38 bits per heavy atom. The average Bonchev–Trinajstić information content (AvgIpc) is 2.40. The number of nitrogens with two attached hydrogens (primary N) is 1. The largest absolute Gasteiger partial charge is 0.346 e. The van der Waals surface area contributed by atoms with Crippen LogP contribution in [0.1, 0.15) is 77.6 Å². The van der Waals surface area contributed by atoms with Crippen molar-refractivity contribution >= 4 is 16.1 Å². The molecule has 0 amide bonds. The van der Waals surface area contributed by atoms with E-state index in [-0.39, 0.29) is 18.7 Å². The van der Waals surface area contributed by atoms with Crippen molar-refractivity contribution in [2.24, 2.45) is 5.73 Å². The average molecular weight is 321 g/mol. The normalized spacial score (nSPS) is 11.5. The van der Waals surface area contributed by atoms with Crippen LogP contribution in [-0.4, -0.2) is 26.7 Å². The van der Waals surface area contributed by atoms with Gasteiger partial charge in [-0.25, -0.2) is 0 Å². The summed E-state index contributed by atoms with van der Waals surface area (Å²) in [4.78, 5) is 11.3. The van der Waals surface area contributed by atoms with Crippen molar-refractivity contribution in [3.8, 4) is 0 Å². The van der Waals surface area contributed by atoms with E-state index in [1.165, 1.54) is 44.9 Å². The molecule has 0 aliphatic heterocycles. The summed E-state index contributed by atoms with van der Waals surface area (Å²) in [5, 5.41) is 0. The van der Waals surface area contributed by atoms with Gasteiger partial charge in [0.2, 0.25) is 0 Å². The summed E-state index contributed by atoms with van der Waals surface area (Å²) in [6, 6.07) is 0. The molecular weight excluding hydrogens is 290 g/mol. The molecule has 5 nitrogen and oxygen atoms in total. The van der Waals surface area contributed by atoms with E-state index in [2.05, 4.69) is 11.1 Å². The van der Waals surface area contributed by atoms with Gasteiger partial charge in [0.1, 0.15) is 0 Å². The standard InChI is InChI=1S/C15H31NO4S/c1-2-3-4-5-6-7-8-9-10-11-12-15(17)20-21(18,19)14-13-16/h2-14,16H2,1H3. The molecule has 0 saturated carbocycles. The van der Waals surface area contributed by atoms with E-state index >= 15 is 0 Å². The first-order valence-corrected chi connectivity index (χ1v) is 9.74. The topological polar surface area (TPSA) is 86.5 Å². The molecule has 126 valence electrons. The number of hydrogen-bond donors (Lipinski definition) is 1. The van der Waals surface area contributed by atoms with Gasteiger partial charge in [-0.05, 0) is 6.42 Å². The minimum Gasteiger partial charge on any atom is -0.346 e. The van der Waals surface area contributed by atoms with E-state index in [0.717, 1.165) is 12.8 Å². The number of unbranched alkanes of at least 4 members (excludes halogenated alkanes) is 9. The highest BCUT2D eigenvalue weighted by Gasteiger charge is 2.15. The summed E-state index contributed by atoms with van der Waals surface area (Å²) in [6.45, 7) is 2.18. The maximum Gasteiger partial charge on any atom is 0.322 e. The van der Waals surface area contributed by atoms with Crippen LogP contribution in [-0.2, 0) is 19.1 Å². The highest BCUT2D eigenvalue weighted by molar-refractivity contribution is 7.87. The Hall–Kier alpha value is -0.620. The van der Waals surface area contributed by atoms with Crippen molar-refractivity contribution < 1.29 is 17.4 Å². The summed E-state index contributed by atoms with van der Waals surface area (Å²) in [5.74, 6) is -0.973. The summed E-state index contributed by atoms with van der Waals surface area (Å²) >= 11 is 0. The molecule has 0 aliphatic rings. The van der Waals surface area contributed by atoms with Crippen LogP contribution in [0.25, 0.3) is 0 Å². The predicted molar refractivity (Wildman–Crippen MR) is 85.4 cm³/mol. The molecule has 0 radical (unpaired) electrons. The lowest BCUT2D eigenvalue weighted by Crippen LogP contribution is -2.21. The highest BCUT2D eigenvalue weighted by atomic mass is 32.2. The maximum atomic E-state index is 11.3. The summed E-state index contributed by atoms with van der Waals surface area (Å²) in [5.41, 5.74) is 5.13. The maximum absolute atomic E-state index is 11.3. The Balaban J connectivity index is 3.41. The SMILES string of the molecule is CCCCCCCCCCCCC(=O)OS(=O)(=O)CCN. The first-order valence-electron chi connectivity index (χ1n) is 8.17. The lowest BCUT2D eigenvalue weighted by Gasteiger charge is -2.04. The molecule has 0 rings (SSSR count). The van der Waals surface area contributed by atoms with Gasteiger partial charge >= 0.3 is 16.1 Å². The van der Waals surface area contributed by atoms with Gasteiger partial charge in [0.25, 0.3) is 0 Å². The monoisotopic (exact) mass is 321 g/mol. The zero-order valence-corrected chi connectivity index (χ0v) is 14.1. The van der Waals surface area contributed by atoms with Gasteiger partial charge in [-0.2, -0.15) is 8.42 Å². The van der Waals surface area contributed by atoms with Crippen molar-refractivity contribution in [2.75, 3.05) is 12.3 Å². The van der Waals surface area contributed by atoms with Gasteiger partial charge in [-0.15, -0.1) is 0 Å². The van der Waals surface area contributed by atoms with Crippen LogP contribution < -0.4 is 5.73 Å². The smallest absolute Gasteiger partial charge is 0.322 e. The third-order valence-electron chi connectivity index (χ3n) is 3.32. The van der Waals surface area contributed by atoms with Crippen LogP contribution in [0.3, 0.4) is 0 Å². The fraction of sp³-hybridized carbons (Fsp3) is 0.933. The minimum absolute atomic E-state index is 0.0339. The van der Waals surface area contributed by atoms with Crippen molar-refractivity contribution in [1.82, 2.24) is 0 Å². The van der Waals surface area contributed by atoms with E-state index < -0.39 is 16.1 Å². The van der Waals surface area contributed by atoms with Crippen LogP contribution >= 0.6 is 0 Å². The van der Waals surface area contributed by atoms with Gasteiger partial charge in [0, 0.05) is 13.0 Å². The molecule has 0 unspecified atom stereocenters. The second-order valence-electron chi connectivity index (χ2n) is 5.44. The Morgan fingerprint density at radius 1 is 0.905 bits per heavy atom. The van der Waals surface area contributed by atoms with Gasteiger partial charge in [0.05, 0.1) is 5.75 Å². The Morgan fingerprint density at radius 3 is 1.86 bits per heavy atom. The lowest BCUT2D eigenvalue weighted by atomic mass is 10.1. The van der Waals surface area contributed by atoms with E-state index in [1.807, 2.05) is 0 Å². The Kier molecular flexibility index (Phi) is 12.7. The highest BCUT2D eigenvalue weighted by Crippen LogP contribution is 2.11. The van der Waals surface area contributed by atoms with Crippen LogP contribution in [0.5, 0.6) is 0 Å². The van der Waals surface area contributed by atoms with Crippen LogP contribution in [0.4, 0.5) is 0 Å². The lowest BCUT2D eigenvalue weighted by molar-refractivity contribution is -0.133. The van der Waals surface area contributed by atoms with Crippen molar-refractivity contribution in [2.45, 2.75) is 77.6 Å². The molecule has 21 heavy (non-hydrogen) atoms. The third-order valence-corrected chi connectivity index (χ3v) is 4.50. The van der Waals surface area contributed by atoms with Gasteiger partial charge in [-0.3, -0.25) is 4.79 Å². The zero-order chi connectivity index (χ0) is 16.0. The minimum atomic E-state index is -3.77. The molecule has 0 aliphatic carbocycles. The van der Waals surface area contributed by atoms with Crippen molar-refractivity contribution in [3.05, 3.63) is 0 Å². The molecule has 0 bridgehead atoms. The summed E-state index contributed by atoms with van der Waals surface area (Å²) < 4.78 is 26.8. The molecule has 0 aromatic heterocycles. The molecule has 2 N–H and O–H groups in total. The van der Waals surface area contributed by atoms with Crippen molar-refractivity contribution in [3.63, 3.8) is 0 Å². The molecule has 0 atom stereocenters. The van der Waals surface area contributed by atoms with E-state index in [4.69, 9.17) is 5.73 Å². The second kappa shape index (κ2) is 13.1. The van der Waals surface area contributed by atoms with Crippen molar-refractivity contribution in [1.29, 1.82) is 0 Å². The second-order valence-corrected chi connectivity index (χ2v) is 7.13. The van der Waals surface area contributed by atoms with E-state index in [9.17, 15) is 13.2 Å². The summed E-state index contributed by atoms with van der Waals surface area (Å²) in [7, 11) is -3.77. The van der Waals surface area contributed by atoms with Gasteiger partial charge < -0.3 is 9.92 Å². The third kappa shape index (κ3) is 14.1. The number of carbonyl (C=O) groups is 1. The number of carbonyl (C=O) groups excluding carboxylic acids is 1. The molecule has 0 saturated heterocycles. The van der Waals surface area contributed by atoms with E-state index in [1.54, 1.807) is 0 Å². The zero-order valence-electron chi connectivity index (χ0n) is 13.3. The molecule has 0 fully saturated rings. The Labute approximate surface area is 129 Å². The summed E-state index contributed by atoms with van der Waals surface area (Å²) in [6.07, 6.45) is 11.9. The molecule has 0 heterocycles. The number of rotatable bonds is 14. The first-order chi connectivity index (χ1) is 10.0. The number of hydrogen-bond acceptors (Lipinski definition) is 5. The van der Waals surface area contributed by atoms with Gasteiger partial charge in [0.15, 0.2) is 0 Å². The molecule has 0 aromatic rings. The molecule has 0 aromatic carbocycles. The molecule has 0 spiro atoms. The van der Waals surface area contributed by atoms with Crippen LogP contribution in [0.2, 0.25) is 0 Å². The molecule has 6 heteroatoms.